The first-order valence-corrected chi connectivity index (χ1v) is 7.76. The number of nitrogens with zero attached hydrogens (tertiary/aromatic N) is 3. The van der Waals surface area contributed by atoms with Crippen molar-refractivity contribution >= 4 is 5.91 Å². The molecular formula is C15H23N3O2. The van der Waals surface area contributed by atoms with Crippen molar-refractivity contribution in [2.24, 2.45) is 0 Å². The van der Waals surface area contributed by atoms with Gasteiger partial charge in [-0.05, 0) is 51.6 Å². The van der Waals surface area contributed by atoms with Gasteiger partial charge in [0.25, 0.3) is 5.91 Å². The van der Waals surface area contributed by atoms with Gasteiger partial charge in [0.15, 0.2) is 6.39 Å². The van der Waals surface area contributed by atoms with Gasteiger partial charge in [0.1, 0.15) is 0 Å². The van der Waals surface area contributed by atoms with Crippen molar-refractivity contribution in [3.8, 4) is 0 Å². The van der Waals surface area contributed by atoms with Crippen LogP contribution in [0.2, 0.25) is 0 Å². The van der Waals surface area contributed by atoms with E-state index in [2.05, 4.69) is 9.88 Å². The average molecular weight is 277 g/mol. The molecule has 0 aliphatic carbocycles. The molecule has 0 saturated carbocycles. The van der Waals surface area contributed by atoms with E-state index in [1.807, 2.05) is 4.90 Å². The molecule has 3 rings (SSSR count). The van der Waals surface area contributed by atoms with Gasteiger partial charge in [0.05, 0.1) is 6.20 Å². The van der Waals surface area contributed by atoms with Gasteiger partial charge in [-0.3, -0.25) is 4.79 Å². The molecule has 0 unspecified atom stereocenters. The molecule has 0 N–H and O–H groups in total. The molecule has 0 aromatic carbocycles. The second-order valence-electron chi connectivity index (χ2n) is 5.85. The van der Waals surface area contributed by atoms with E-state index in [4.69, 9.17) is 4.42 Å². The Balaban J connectivity index is 1.59. The third-order valence-electron chi connectivity index (χ3n) is 4.51. The standard InChI is InChI=1S/C15H23N3O2/c19-15(14-11-16-12-20-14)18-9-2-1-5-13(18)6-10-17-7-3-4-8-17/h11-13H,1-10H2/t13-/m1/s1. The third-order valence-corrected chi connectivity index (χ3v) is 4.51. The number of hydrogen-bond donors (Lipinski definition) is 0. The van der Waals surface area contributed by atoms with Crippen LogP contribution in [0, 0.1) is 0 Å². The largest absolute Gasteiger partial charge is 0.438 e. The fraction of sp³-hybridized carbons (Fsp3) is 0.733. The smallest absolute Gasteiger partial charge is 0.291 e. The molecule has 0 bridgehead atoms. The molecule has 1 atom stereocenters. The van der Waals surface area contributed by atoms with Crippen molar-refractivity contribution in [1.82, 2.24) is 14.8 Å². The highest BCUT2D eigenvalue weighted by Crippen LogP contribution is 2.23. The lowest BCUT2D eigenvalue weighted by Crippen LogP contribution is -2.45. The van der Waals surface area contributed by atoms with Gasteiger partial charge in [-0.15, -0.1) is 0 Å². The van der Waals surface area contributed by atoms with E-state index in [0.29, 0.717) is 11.8 Å². The van der Waals surface area contributed by atoms with E-state index in [-0.39, 0.29) is 5.91 Å². The Bertz CT molecular complexity index is 426. The molecule has 20 heavy (non-hydrogen) atoms. The van der Waals surface area contributed by atoms with Gasteiger partial charge < -0.3 is 14.2 Å². The summed E-state index contributed by atoms with van der Waals surface area (Å²) < 4.78 is 5.16. The highest BCUT2D eigenvalue weighted by atomic mass is 16.3. The first kappa shape index (κ1) is 13.6. The summed E-state index contributed by atoms with van der Waals surface area (Å²) in [5.74, 6) is 0.381. The van der Waals surface area contributed by atoms with Crippen LogP contribution >= 0.6 is 0 Å². The van der Waals surface area contributed by atoms with Crippen LogP contribution in [0.1, 0.15) is 49.1 Å². The SMILES string of the molecule is O=C(c1cnco1)N1CCCC[C@@H]1CCN1CCCC1. The number of carbonyl (C=O) groups is 1. The topological polar surface area (TPSA) is 49.6 Å². The Kier molecular flexibility index (Phi) is 4.35. The van der Waals surface area contributed by atoms with Gasteiger partial charge in [-0.25, -0.2) is 4.98 Å². The zero-order valence-corrected chi connectivity index (χ0v) is 12.0. The summed E-state index contributed by atoms with van der Waals surface area (Å²) >= 11 is 0. The van der Waals surface area contributed by atoms with Gasteiger partial charge in [-0.2, -0.15) is 0 Å². The summed E-state index contributed by atoms with van der Waals surface area (Å²) in [6.45, 7) is 4.42. The molecule has 5 heteroatoms. The molecular weight excluding hydrogens is 254 g/mol. The van der Waals surface area contributed by atoms with Crippen LogP contribution in [0.3, 0.4) is 0 Å². The van der Waals surface area contributed by atoms with Crippen molar-refractivity contribution < 1.29 is 9.21 Å². The fourth-order valence-electron chi connectivity index (χ4n) is 3.37. The molecule has 2 aliphatic rings. The van der Waals surface area contributed by atoms with Crippen LogP contribution in [0.5, 0.6) is 0 Å². The summed E-state index contributed by atoms with van der Waals surface area (Å²) in [6, 6.07) is 0.363. The lowest BCUT2D eigenvalue weighted by atomic mass is 9.98. The molecule has 0 spiro atoms. The number of hydrogen-bond acceptors (Lipinski definition) is 4. The zero-order chi connectivity index (χ0) is 13.8. The molecule has 2 fully saturated rings. The minimum Gasteiger partial charge on any atom is -0.438 e. The Hall–Kier alpha value is -1.36. The van der Waals surface area contributed by atoms with Crippen LogP contribution in [-0.4, -0.2) is 52.9 Å². The molecule has 1 aromatic rings. The maximum absolute atomic E-state index is 12.4. The number of likely N-dealkylation sites (tertiary alicyclic amines) is 2. The lowest BCUT2D eigenvalue weighted by Gasteiger charge is -2.36. The molecule has 110 valence electrons. The predicted molar refractivity (Wildman–Crippen MR) is 75.5 cm³/mol. The van der Waals surface area contributed by atoms with Crippen LogP contribution in [-0.2, 0) is 0 Å². The van der Waals surface area contributed by atoms with E-state index < -0.39 is 0 Å². The summed E-state index contributed by atoms with van der Waals surface area (Å²) in [5, 5.41) is 0. The number of piperidine rings is 1. The minimum atomic E-state index is 0.00798. The minimum absolute atomic E-state index is 0.00798. The molecule has 0 radical (unpaired) electrons. The zero-order valence-electron chi connectivity index (χ0n) is 12.0. The predicted octanol–water partition coefficient (Wildman–Crippen LogP) is 2.16. The van der Waals surface area contributed by atoms with E-state index in [1.54, 1.807) is 0 Å². The Morgan fingerprint density at radius 3 is 2.80 bits per heavy atom. The van der Waals surface area contributed by atoms with Crippen LogP contribution in [0.4, 0.5) is 0 Å². The molecule has 3 heterocycles. The number of rotatable bonds is 4. The second-order valence-corrected chi connectivity index (χ2v) is 5.85. The number of oxazole rings is 1. The van der Waals surface area contributed by atoms with Crippen molar-refractivity contribution in [2.75, 3.05) is 26.2 Å². The third kappa shape index (κ3) is 3.03. The average Bonchev–Trinajstić information content (AvgIpc) is 3.18. The van der Waals surface area contributed by atoms with E-state index in [0.717, 1.165) is 32.4 Å². The molecule has 1 amide bonds. The van der Waals surface area contributed by atoms with Gasteiger partial charge in [0.2, 0.25) is 5.76 Å². The second kappa shape index (κ2) is 6.39. The normalized spacial score (nSPS) is 24.2. The highest BCUT2D eigenvalue weighted by molar-refractivity contribution is 5.91. The number of carbonyl (C=O) groups excluding carboxylic acids is 1. The summed E-state index contributed by atoms with van der Waals surface area (Å²) in [4.78, 5) is 20.8. The monoisotopic (exact) mass is 277 g/mol. The molecule has 2 aliphatic heterocycles. The number of aromatic nitrogens is 1. The lowest BCUT2D eigenvalue weighted by molar-refractivity contribution is 0.0556. The van der Waals surface area contributed by atoms with Gasteiger partial charge in [0, 0.05) is 19.1 Å². The Labute approximate surface area is 119 Å². The van der Waals surface area contributed by atoms with Crippen LogP contribution < -0.4 is 0 Å². The Morgan fingerprint density at radius 2 is 2.05 bits per heavy atom. The van der Waals surface area contributed by atoms with E-state index in [1.165, 1.54) is 44.9 Å². The van der Waals surface area contributed by atoms with Crippen molar-refractivity contribution in [3.63, 3.8) is 0 Å². The molecule has 2 saturated heterocycles. The van der Waals surface area contributed by atoms with Crippen molar-refractivity contribution in [2.45, 2.75) is 44.6 Å². The van der Waals surface area contributed by atoms with Gasteiger partial charge >= 0.3 is 0 Å². The van der Waals surface area contributed by atoms with Crippen LogP contribution in [0.15, 0.2) is 17.0 Å². The van der Waals surface area contributed by atoms with Crippen LogP contribution in [0.25, 0.3) is 0 Å². The first-order valence-electron chi connectivity index (χ1n) is 7.76. The fourth-order valence-corrected chi connectivity index (χ4v) is 3.37. The maximum atomic E-state index is 12.4. The molecule has 1 aromatic heterocycles. The highest BCUT2D eigenvalue weighted by Gasteiger charge is 2.29. The Morgan fingerprint density at radius 1 is 1.25 bits per heavy atom. The van der Waals surface area contributed by atoms with Crippen molar-refractivity contribution in [3.05, 3.63) is 18.4 Å². The van der Waals surface area contributed by atoms with Gasteiger partial charge in [-0.1, -0.05) is 0 Å². The van der Waals surface area contributed by atoms with E-state index >= 15 is 0 Å². The number of amides is 1. The maximum Gasteiger partial charge on any atom is 0.291 e. The summed E-state index contributed by atoms with van der Waals surface area (Å²) in [6.07, 6.45) is 10.0. The first-order chi connectivity index (χ1) is 9.84. The summed E-state index contributed by atoms with van der Waals surface area (Å²) in [5.41, 5.74) is 0. The molecule has 5 nitrogen and oxygen atoms in total. The van der Waals surface area contributed by atoms with Crippen molar-refractivity contribution in [1.29, 1.82) is 0 Å². The van der Waals surface area contributed by atoms with E-state index in [9.17, 15) is 4.79 Å². The quantitative estimate of drug-likeness (QED) is 0.846. The summed E-state index contributed by atoms with van der Waals surface area (Å²) in [7, 11) is 0.